The van der Waals surface area contributed by atoms with E-state index in [1.807, 2.05) is 0 Å². The van der Waals surface area contributed by atoms with Crippen molar-refractivity contribution in [1.29, 1.82) is 0 Å². The molecule has 0 aliphatic rings. The molecule has 0 unspecified atom stereocenters. The molecule has 2 aromatic rings. The summed E-state index contributed by atoms with van der Waals surface area (Å²) < 4.78 is 13.8. The molecule has 1 N–H and O–H groups in total. The highest BCUT2D eigenvalue weighted by Crippen LogP contribution is 2.26. The maximum Gasteiger partial charge on any atom is 0.292 e. The van der Waals surface area contributed by atoms with E-state index in [9.17, 15) is 14.5 Å². The van der Waals surface area contributed by atoms with Gasteiger partial charge in [-0.1, -0.05) is 12.1 Å². The van der Waals surface area contributed by atoms with Crippen LogP contribution in [0.2, 0.25) is 0 Å². The number of halogens is 2. The van der Waals surface area contributed by atoms with Gasteiger partial charge in [0.1, 0.15) is 11.5 Å². The molecular weight excluding hydrogens is 327 g/mol. The van der Waals surface area contributed by atoms with Crippen molar-refractivity contribution in [2.45, 2.75) is 13.5 Å². The Morgan fingerprint density at radius 1 is 1.30 bits per heavy atom. The Morgan fingerprint density at radius 2 is 2.05 bits per heavy atom. The third-order valence-corrected chi connectivity index (χ3v) is 3.46. The lowest BCUT2D eigenvalue weighted by atomic mass is 10.1. The summed E-state index contributed by atoms with van der Waals surface area (Å²) in [6.45, 7) is 2.11. The third kappa shape index (κ3) is 3.33. The molecule has 0 radical (unpaired) electrons. The maximum atomic E-state index is 13.4. The summed E-state index contributed by atoms with van der Waals surface area (Å²) in [5, 5.41) is 13.9. The summed E-state index contributed by atoms with van der Waals surface area (Å²) in [5.74, 6) is -0.359. The molecule has 2 aromatic carbocycles. The van der Waals surface area contributed by atoms with Gasteiger partial charge in [-0.2, -0.15) is 0 Å². The average molecular weight is 339 g/mol. The minimum absolute atomic E-state index is 0.0163. The topological polar surface area (TPSA) is 55.2 Å². The van der Waals surface area contributed by atoms with Crippen molar-refractivity contribution in [1.82, 2.24) is 0 Å². The lowest BCUT2D eigenvalue weighted by Gasteiger charge is -2.08. The Labute approximate surface area is 123 Å². The van der Waals surface area contributed by atoms with Gasteiger partial charge in [0.15, 0.2) is 0 Å². The van der Waals surface area contributed by atoms with Crippen molar-refractivity contribution >= 4 is 27.3 Å². The van der Waals surface area contributed by atoms with Crippen LogP contribution in [-0.4, -0.2) is 4.92 Å². The highest BCUT2D eigenvalue weighted by molar-refractivity contribution is 9.10. The van der Waals surface area contributed by atoms with E-state index >= 15 is 0 Å². The Morgan fingerprint density at radius 3 is 2.70 bits per heavy atom. The van der Waals surface area contributed by atoms with Crippen molar-refractivity contribution in [3.63, 3.8) is 0 Å². The van der Waals surface area contributed by atoms with Crippen LogP contribution in [0.4, 0.5) is 15.8 Å². The van der Waals surface area contributed by atoms with Gasteiger partial charge in [0.2, 0.25) is 0 Å². The second kappa shape index (κ2) is 6.00. The minimum Gasteiger partial charge on any atom is -0.375 e. The van der Waals surface area contributed by atoms with E-state index in [1.54, 1.807) is 31.2 Å². The summed E-state index contributed by atoms with van der Waals surface area (Å²) in [7, 11) is 0. The van der Waals surface area contributed by atoms with E-state index in [2.05, 4.69) is 21.2 Å². The molecule has 0 saturated heterocycles. The Kier molecular flexibility index (Phi) is 4.34. The van der Waals surface area contributed by atoms with Gasteiger partial charge in [0.25, 0.3) is 5.69 Å². The van der Waals surface area contributed by atoms with Crippen LogP contribution in [0.5, 0.6) is 0 Å². The molecule has 4 nitrogen and oxygen atoms in total. The number of hydrogen-bond donors (Lipinski definition) is 1. The maximum absolute atomic E-state index is 13.4. The van der Waals surface area contributed by atoms with Crippen LogP contribution in [0.1, 0.15) is 11.1 Å². The molecular formula is C14H12BrFN2O2. The van der Waals surface area contributed by atoms with Crippen molar-refractivity contribution in [3.8, 4) is 0 Å². The van der Waals surface area contributed by atoms with Crippen LogP contribution in [0.15, 0.2) is 40.9 Å². The number of nitro benzene ring substituents is 1. The minimum atomic E-state index is -0.433. The molecule has 0 bridgehead atoms. The number of rotatable bonds is 4. The van der Waals surface area contributed by atoms with Gasteiger partial charge < -0.3 is 5.32 Å². The average Bonchev–Trinajstić information content (AvgIpc) is 2.41. The van der Waals surface area contributed by atoms with Crippen LogP contribution >= 0.6 is 15.9 Å². The fourth-order valence-electron chi connectivity index (χ4n) is 1.79. The first-order valence-electron chi connectivity index (χ1n) is 5.90. The SMILES string of the molecule is Cc1ccc(NCc2ccc(Br)c(F)c2)c([N+](=O)[O-])c1. The van der Waals surface area contributed by atoms with Crippen molar-refractivity contribution in [3.05, 3.63) is 67.9 Å². The van der Waals surface area contributed by atoms with Gasteiger partial charge in [-0.15, -0.1) is 0 Å². The Balaban J connectivity index is 2.18. The first kappa shape index (κ1) is 14.5. The molecule has 0 fully saturated rings. The van der Waals surface area contributed by atoms with E-state index < -0.39 is 4.92 Å². The van der Waals surface area contributed by atoms with Gasteiger partial charge in [0.05, 0.1) is 9.40 Å². The van der Waals surface area contributed by atoms with Crippen molar-refractivity contribution in [2.75, 3.05) is 5.32 Å². The van der Waals surface area contributed by atoms with E-state index in [4.69, 9.17) is 0 Å². The Bertz CT molecular complexity index is 662. The second-order valence-electron chi connectivity index (χ2n) is 4.38. The fourth-order valence-corrected chi connectivity index (χ4v) is 2.04. The smallest absolute Gasteiger partial charge is 0.292 e. The standard InChI is InChI=1S/C14H12BrFN2O2/c1-9-2-5-13(14(6-9)18(19)20)17-8-10-3-4-11(15)12(16)7-10/h2-7,17H,8H2,1H3. The number of anilines is 1. The molecule has 6 heteroatoms. The zero-order valence-electron chi connectivity index (χ0n) is 10.7. The first-order valence-corrected chi connectivity index (χ1v) is 6.69. The zero-order chi connectivity index (χ0) is 14.7. The van der Waals surface area contributed by atoms with E-state index in [0.29, 0.717) is 22.3 Å². The molecule has 0 aromatic heterocycles. The largest absolute Gasteiger partial charge is 0.375 e. The van der Waals surface area contributed by atoms with Gasteiger partial charge in [-0.05, 0) is 52.2 Å². The number of benzene rings is 2. The highest BCUT2D eigenvalue weighted by Gasteiger charge is 2.13. The van der Waals surface area contributed by atoms with Crippen LogP contribution in [-0.2, 0) is 6.54 Å². The number of nitro groups is 1. The highest BCUT2D eigenvalue weighted by atomic mass is 79.9. The van der Waals surface area contributed by atoms with Crippen molar-refractivity contribution < 1.29 is 9.31 Å². The third-order valence-electron chi connectivity index (χ3n) is 2.82. The molecule has 20 heavy (non-hydrogen) atoms. The lowest BCUT2D eigenvalue weighted by Crippen LogP contribution is -2.03. The van der Waals surface area contributed by atoms with Crippen LogP contribution in [0.3, 0.4) is 0 Å². The number of nitrogens with zero attached hydrogens (tertiary/aromatic N) is 1. The van der Waals surface area contributed by atoms with E-state index in [1.165, 1.54) is 12.1 Å². The number of nitrogens with one attached hydrogen (secondary N) is 1. The normalized spacial score (nSPS) is 10.3. The van der Waals surface area contributed by atoms with Crippen LogP contribution in [0, 0.1) is 22.9 Å². The monoisotopic (exact) mass is 338 g/mol. The summed E-state index contributed by atoms with van der Waals surface area (Å²) in [6.07, 6.45) is 0. The van der Waals surface area contributed by atoms with Gasteiger partial charge in [0, 0.05) is 12.6 Å². The van der Waals surface area contributed by atoms with Crippen molar-refractivity contribution in [2.24, 2.45) is 0 Å². The molecule has 0 saturated carbocycles. The molecule has 2 rings (SSSR count). The molecule has 104 valence electrons. The quantitative estimate of drug-likeness (QED) is 0.663. The fraction of sp³-hybridized carbons (Fsp3) is 0.143. The van der Waals surface area contributed by atoms with Gasteiger partial charge in [-0.25, -0.2) is 4.39 Å². The van der Waals surface area contributed by atoms with Crippen LogP contribution < -0.4 is 5.32 Å². The molecule has 0 amide bonds. The van der Waals surface area contributed by atoms with Gasteiger partial charge >= 0.3 is 0 Å². The summed E-state index contributed by atoms with van der Waals surface area (Å²) in [5.41, 5.74) is 1.96. The zero-order valence-corrected chi connectivity index (χ0v) is 12.3. The van der Waals surface area contributed by atoms with Gasteiger partial charge in [-0.3, -0.25) is 10.1 Å². The summed E-state index contributed by atoms with van der Waals surface area (Å²) in [4.78, 5) is 10.6. The molecule has 0 aliphatic carbocycles. The molecule has 0 atom stereocenters. The lowest BCUT2D eigenvalue weighted by molar-refractivity contribution is -0.384. The number of hydrogen-bond acceptors (Lipinski definition) is 3. The molecule has 0 aliphatic heterocycles. The molecule has 0 spiro atoms. The second-order valence-corrected chi connectivity index (χ2v) is 5.23. The molecule has 0 heterocycles. The number of aryl methyl sites for hydroxylation is 1. The van der Waals surface area contributed by atoms with E-state index in [-0.39, 0.29) is 11.5 Å². The summed E-state index contributed by atoms with van der Waals surface area (Å²) in [6, 6.07) is 9.69. The Hall–Kier alpha value is -1.95. The predicted octanol–water partition coefficient (Wildman–Crippen LogP) is 4.42. The summed E-state index contributed by atoms with van der Waals surface area (Å²) >= 11 is 3.08. The van der Waals surface area contributed by atoms with E-state index in [0.717, 1.165) is 5.56 Å². The first-order chi connectivity index (χ1) is 9.47. The van der Waals surface area contributed by atoms with Crippen LogP contribution in [0.25, 0.3) is 0 Å². The predicted molar refractivity (Wildman–Crippen MR) is 79.3 cm³/mol.